The standard InChI is InChI=1S/C13H28N2O/c1-4-10-15(12-13-16-3)11-8-6-5-7-9-14-2/h4,14H,1,5-13H2,2-3H3. The van der Waals surface area contributed by atoms with Gasteiger partial charge in [-0.1, -0.05) is 18.9 Å². The Bertz CT molecular complexity index is 151. The lowest BCUT2D eigenvalue weighted by Crippen LogP contribution is -2.28. The van der Waals surface area contributed by atoms with Crippen LogP contribution in [0.15, 0.2) is 12.7 Å². The molecule has 0 aromatic rings. The Morgan fingerprint density at radius 1 is 1.19 bits per heavy atom. The highest BCUT2D eigenvalue weighted by atomic mass is 16.5. The first kappa shape index (κ1) is 15.6. The number of nitrogens with zero attached hydrogens (tertiary/aromatic N) is 1. The van der Waals surface area contributed by atoms with Crippen molar-refractivity contribution in [1.82, 2.24) is 10.2 Å². The Labute approximate surface area is 101 Å². The summed E-state index contributed by atoms with van der Waals surface area (Å²) in [6, 6.07) is 0. The molecule has 1 N–H and O–H groups in total. The van der Waals surface area contributed by atoms with Crippen LogP contribution in [0, 0.1) is 0 Å². The maximum Gasteiger partial charge on any atom is 0.0589 e. The SMILES string of the molecule is C=CCN(CCCCCCNC)CCOC. The van der Waals surface area contributed by atoms with Gasteiger partial charge in [0.15, 0.2) is 0 Å². The molecule has 0 aliphatic rings. The summed E-state index contributed by atoms with van der Waals surface area (Å²) in [7, 11) is 3.76. The van der Waals surface area contributed by atoms with Crippen molar-refractivity contribution in [3.8, 4) is 0 Å². The van der Waals surface area contributed by atoms with E-state index >= 15 is 0 Å². The number of unbranched alkanes of at least 4 members (excludes halogenated alkanes) is 3. The largest absolute Gasteiger partial charge is 0.383 e. The summed E-state index contributed by atoms with van der Waals surface area (Å²) in [6.45, 7) is 8.89. The van der Waals surface area contributed by atoms with E-state index in [4.69, 9.17) is 4.74 Å². The fourth-order valence-electron chi connectivity index (χ4n) is 1.69. The Hall–Kier alpha value is -0.380. The Balaban J connectivity index is 3.39. The van der Waals surface area contributed by atoms with E-state index in [0.717, 1.165) is 32.8 Å². The maximum absolute atomic E-state index is 5.09. The fraction of sp³-hybridized carbons (Fsp3) is 0.846. The van der Waals surface area contributed by atoms with Crippen LogP contribution in [0.2, 0.25) is 0 Å². The molecule has 0 amide bonds. The van der Waals surface area contributed by atoms with Gasteiger partial charge in [-0.05, 0) is 33.0 Å². The quantitative estimate of drug-likeness (QED) is 0.408. The molecule has 0 aromatic heterocycles. The third-order valence-corrected chi connectivity index (χ3v) is 2.65. The lowest BCUT2D eigenvalue weighted by Gasteiger charge is -2.19. The summed E-state index contributed by atoms with van der Waals surface area (Å²) in [5.41, 5.74) is 0. The van der Waals surface area contributed by atoms with Crippen LogP contribution in [0.1, 0.15) is 25.7 Å². The molecule has 0 atom stereocenters. The van der Waals surface area contributed by atoms with E-state index in [0.29, 0.717) is 0 Å². The van der Waals surface area contributed by atoms with Gasteiger partial charge >= 0.3 is 0 Å². The first-order chi connectivity index (χ1) is 7.85. The van der Waals surface area contributed by atoms with Crippen LogP contribution >= 0.6 is 0 Å². The topological polar surface area (TPSA) is 24.5 Å². The van der Waals surface area contributed by atoms with Crippen LogP contribution in [0.3, 0.4) is 0 Å². The molecule has 3 heteroatoms. The Morgan fingerprint density at radius 3 is 2.56 bits per heavy atom. The van der Waals surface area contributed by atoms with Gasteiger partial charge in [-0.2, -0.15) is 0 Å². The lowest BCUT2D eigenvalue weighted by atomic mass is 10.2. The molecule has 3 nitrogen and oxygen atoms in total. The third-order valence-electron chi connectivity index (χ3n) is 2.65. The number of rotatable bonds is 12. The van der Waals surface area contributed by atoms with Crippen LogP contribution in [-0.2, 0) is 4.74 Å². The van der Waals surface area contributed by atoms with E-state index in [1.54, 1.807) is 7.11 Å². The van der Waals surface area contributed by atoms with Crippen LogP contribution in [0.25, 0.3) is 0 Å². The zero-order valence-corrected chi connectivity index (χ0v) is 11.0. The molecule has 0 unspecified atom stereocenters. The van der Waals surface area contributed by atoms with E-state index in [9.17, 15) is 0 Å². The summed E-state index contributed by atoms with van der Waals surface area (Å²) < 4.78 is 5.09. The fourth-order valence-corrected chi connectivity index (χ4v) is 1.69. The molecule has 96 valence electrons. The second kappa shape index (κ2) is 12.7. The van der Waals surface area contributed by atoms with Crippen molar-refractivity contribution in [3.63, 3.8) is 0 Å². The van der Waals surface area contributed by atoms with Crippen molar-refractivity contribution in [2.45, 2.75) is 25.7 Å². The summed E-state index contributed by atoms with van der Waals surface area (Å²) in [5, 5.41) is 3.18. The average Bonchev–Trinajstić information content (AvgIpc) is 2.30. The predicted octanol–water partition coefficient (Wildman–Crippen LogP) is 1.90. The zero-order valence-electron chi connectivity index (χ0n) is 11.0. The van der Waals surface area contributed by atoms with Crippen LogP contribution < -0.4 is 5.32 Å². The predicted molar refractivity (Wildman–Crippen MR) is 70.9 cm³/mol. The molecule has 0 saturated carbocycles. The summed E-state index contributed by atoms with van der Waals surface area (Å²) >= 11 is 0. The normalized spacial score (nSPS) is 10.9. The molecule has 0 radical (unpaired) electrons. The molecule has 0 rings (SSSR count). The highest BCUT2D eigenvalue weighted by Crippen LogP contribution is 2.01. The van der Waals surface area contributed by atoms with E-state index in [-0.39, 0.29) is 0 Å². The summed E-state index contributed by atoms with van der Waals surface area (Å²) in [6.07, 6.45) is 7.18. The number of ether oxygens (including phenoxy) is 1. The van der Waals surface area contributed by atoms with Crippen molar-refractivity contribution < 1.29 is 4.74 Å². The van der Waals surface area contributed by atoms with Gasteiger partial charge in [0, 0.05) is 20.2 Å². The molecular weight excluding hydrogens is 200 g/mol. The first-order valence-electron chi connectivity index (χ1n) is 6.32. The van der Waals surface area contributed by atoms with Gasteiger partial charge < -0.3 is 10.1 Å². The average molecular weight is 228 g/mol. The molecule has 0 aromatic carbocycles. The molecule has 0 bridgehead atoms. The molecule has 0 fully saturated rings. The monoisotopic (exact) mass is 228 g/mol. The molecule has 0 aliphatic heterocycles. The minimum absolute atomic E-state index is 0.813. The van der Waals surface area contributed by atoms with E-state index in [1.165, 1.54) is 25.7 Å². The van der Waals surface area contributed by atoms with Gasteiger partial charge in [0.05, 0.1) is 6.61 Å². The maximum atomic E-state index is 5.09. The van der Waals surface area contributed by atoms with Crippen LogP contribution in [-0.4, -0.2) is 51.8 Å². The first-order valence-corrected chi connectivity index (χ1v) is 6.32. The van der Waals surface area contributed by atoms with Crippen molar-refractivity contribution in [1.29, 1.82) is 0 Å². The molecule has 16 heavy (non-hydrogen) atoms. The zero-order chi connectivity index (χ0) is 12.1. The minimum atomic E-state index is 0.813. The number of hydrogen-bond acceptors (Lipinski definition) is 3. The third kappa shape index (κ3) is 10.1. The highest BCUT2D eigenvalue weighted by Gasteiger charge is 2.01. The number of nitrogens with one attached hydrogen (secondary N) is 1. The van der Waals surface area contributed by atoms with E-state index < -0.39 is 0 Å². The molecule has 0 aliphatic carbocycles. The lowest BCUT2D eigenvalue weighted by molar-refractivity contribution is 0.153. The smallest absolute Gasteiger partial charge is 0.0589 e. The van der Waals surface area contributed by atoms with Crippen LogP contribution in [0.5, 0.6) is 0 Å². The molecular formula is C13H28N2O. The van der Waals surface area contributed by atoms with E-state index in [1.807, 2.05) is 13.1 Å². The van der Waals surface area contributed by atoms with Gasteiger partial charge in [-0.25, -0.2) is 0 Å². The molecule has 0 saturated heterocycles. The van der Waals surface area contributed by atoms with Gasteiger partial charge in [0.1, 0.15) is 0 Å². The van der Waals surface area contributed by atoms with E-state index in [2.05, 4.69) is 16.8 Å². The summed E-state index contributed by atoms with van der Waals surface area (Å²) in [5.74, 6) is 0. The minimum Gasteiger partial charge on any atom is -0.383 e. The van der Waals surface area contributed by atoms with Crippen molar-refractivity contribution in [2.75, 3.05) is 46.9 Å². The number of hydrogen-bond donors (Lipinski definition) is 1. The summed E-state index contributed by atoms with van der Waals surface area (Å²) in [4.78, 5) is 2.40. The Kier molecular flexibility index (Phi) is 12.4. The Morgan fingerprint density at radius 2 is 1.94 bits per heavy atom. The highest BCUT2D eigenvalue weighted by molar-refractivity contribution is 4.73. The van der Waals surface area contributed by atoms with Gasteiger partial charge in [0.2, 0.25) is 0 Å². The molecule has 0 heterocycles. The second-order valence-corrected chi connectivity index (χ2v) is 4.10. The van der Waals surface area contributed by atoms with Crippen molar-refractivity contribution >= 4 is 0 Å². The molecule has 0 spiro atoms. The van der Waals surface area contributed by atoms with Gasteiger partial charge in [0.25, 0.3) is 0 Å². The van der Waals surface area contributed by atoms with Crippen molar-refractivity contribution in [2.24, 2.45) is 0 Å². The van der Waals surface area contributed by atoms with Gasteiger partial charge in [-0.3, -0.25) is 4.90 Å². The number of methoxy groups -OCH3 is 1. The van der Waals surface area contributed by atoms with Crippen molar-refractivity contribution in [3.05, 3.63) is 12.7 Å². The van der Waals surface area contributed by atoms with Crippen LogP contribution in [0.4, 0.5) is 0 Å². The second-order valence-electron chi connectivity index (χ2n) is 4.10. The van der Waals surface area contributed by atoms with Gasteiger partial charge in [-0.15, -0.1) is 6.58 Å².